The molecule has 6 rings (SSSR count). The third-order valence-corrected chi connectivity index (χ3v) is 21.8. The lowest BCUT2D eigenvalue weighted by molar-refractivity contribution is -0.142. The van der Waals surface area contributed by atoms with Gasteiger partial charge in [-0.15, -0.1) is 11.8 Å². The molecule has 680 valence electrons. The average molecular weight is 1770 g/mol. The number of rotatable bonds is 55. The number of aliphatic hydroxyl groups is 10. The first-order chi connectivity index (χ1) is 58.9. The molecule has 39 nitrogen and oxygen atoms in total. The Bertz CT molecular complexity index is 4550. The van der Waals surface area contributed by atoms with E-state index in [4.69, 9.17) is 5.73 Å². The van der Waals surface area contributed by atoms with Gasteiger partial charge in [-0.2, -0.15) is 0 Å². The molecule has 14 atom stereocenters. The zero-order chi connectivity index (χ0) is 91.4. The van der Waals surface area contributed by atoms with E-state index in [1.165, 1.54) is 25.1 Å². The zero-order valence-corrected chi connectivity index (χ0v) is 68.8. The van der Waals surface area contributed by atoms with Crippen LogP contribution >= 0.6 is 11.8 Å². The monoisotopic (exact) mass is 1760 g/mol. The molecule has 0 aliphatic carbocycles. The van der Waals surface area contributed by atoms with Crippen LogP contribution in [0.2, 0.25) is 0 Å². The van der Waals surface area contributed by atoms with E-state index in [0.29, 0.717) is 60.6 Å². The number of hydrogen-bond donors (Lipinski definition) is 22. The van der Waals surface area contributed by atoms with Gasteiger partial charge in [-0.05, 0) is 98.4 Å². The molecule has 1 aliphatic rings. The number of nitrogens with one attached hydrogen (secondary N) is 8. The van der Waals surface area contributed by atoms with E-state index >= 15 is 8.78 Å². The van der Waals surface area contributed by atoms with Crippen LogP contribution in [0.1, 0.15) is 130 Å². The maximum atomic E-state index is 15.1. The number of hydrogen-bond acceptors (Lipinski definition) is 27. The Labute approximate surface area is 714 Å². The van der Waals surface area contributed by atoms with Crippen LogP contribution in [0.15, 0.2) is 107 Å². The topological polar surface area (TPSA) is 637 Å². The number of aliphatic carboxylic acids is 2. The number of aliphatic hydroxyl groups excluding tert-OH is 10. The molecule has 4 aromatic carbocycles. The number of nitrogens with zero attached hydrogens (tertiary/aromatic N) is 3. The van der Waals surface area contributed by atoms with Crippen LogP contribution in [-0.2, 0) is 83.5 Å². The van der Waals surface area contributed by atoms with Crippen molar-refractivity contribution in [2.24, 2.45) is 5.73 Å². The standard InChI is InChI=1S/C82H110F2N12O27S/c1-45-71(80(120)96(41-54(85)48-13-6-5-7-14-48)82(123)95(45)40-51-52(83)16-11-17-53(51)84)49-15-10-12-47(36-49)22-29-64(104)86-33-9-4-2-3-8-18-68(108)90-55(25-30-66(106)88-38-59(100)72(112)74(114)61(102)42-97)76(116)92-57(27-32-70(110)111)77(117)91-56(26-31-67(107)89-39-60(101)73(113)75(115)62(103)43-98)78(118)93-58(81(121)122)44-124-63-37-69(109)94(79(63)119)35-34-87-65(105)28-21-46-19-23-50(99)24-20-46/h5-7,10-17,19-20,23-24,36,54-63,72-75,97-103,112-115H,2-4,8-9,18,21-22,25-35,37-44,85H2,1H3,(H,86,104)(H,87,105)(H,88,106)(H,89,107)(H,90,108)(H,91,117)(H,92,116)(H,93,118)(H,110,111)(H,121,122)/t54-,55-,56-,57-,58-,59+,60+,61-,62-,63?,72-,73-,74-,75-/m1/s1. The number of benzene rings is 4. The number of amides is 10. The summed E-state index contributed by atoms with van der Waals surface area (Å²) in [5, 5.41) is 147. The molecule has 5 aromatic rings. The van der Waals surface area contributed by atoms with Crippen LogP contribution in [-0.4, -0.2) is 281 Å². The fourth-order valence-electron chi connectivity index (χ4n) is 13.1. The molecule has 42 heteroatoms. The zero-order valence-electron chi connectivity index (χ0n) is 68.0. The minimum atomic E-state index is -2.14. The van der Waals surface area contributed by atoms with E-state index in [1.54, 1.807) is 66.7 Å². The molecular formula is C82H110F2N12O27S. The summed E-state index contributed by atoms with van der Waals surface area (Å²) in [6.07, 6.45) is -18.7. The number of halogens is 2. The lowest BCUT2D eigenvalue weighted by Gasteiger charge is -2.27. The molecule has 10 amide bonds. The molecule has 0 radical (unpaired) electrons. The van der Waals surface area contributed by atoms with Crippen molar-refractivity contribution >= 4 is 82.8 Å². The van der Waals surface area contributed by atoms with E-state index in [1.807, 2.05) is 0 Å². The van der Waals surface area contributed by atoms with Crippen molar-refractivity contribution in [3.05, 3.63) is 157 Å². The highest BCUT2D eigenvalue weighted by atomic mass is 32.2. The third kappa shape index (κ3) is 32.3. The number of phenols is 1. The number of aromatic hydroxyl groups is 1. The molecule has 2 heterocycles. The van der Waals surface area contributed by atoms with Crippen LogP contribution in [0.3, 0.4) is 0 Å². The maximum absolute atomic E-state index is 15.1. The molecular weight excluding hydrogens is 1660 g/mol. The summed E-state index contributed by atoms with van der Waals surface area (Å²) in [7, 11) is 0. The fraction of sp³-hybridized carbons (Fsp3) is 0.512. The van der Waals surface area contributed by atoms with Gasteiger partial charge >= 0.3 is 17.6 Å². The Kier molecular flexibility index (Phi) is 42.1. The largest absolute Gasteiger partial charge is 0.508 e. The number of aryl methyl sites for hydroxylation is 2. The van der Waals surface area contributed by atoms with E-state index in [9.17, 15) is 134 Å². The summed E-state index contributed by atoms with van der Waals surface area (Å²) in [6, 6.07) is 16.3. The molecule has 1 unspecified atom stereocenters. The van der Waals surface area contributed by atoms with Gasteiger partial charge in [0.2, 0.25) is 59.1 Å². The second kappa shape index (κ2) is 51.3. The SMILES string of the molecule is Cc1c(-c2cccc(CCC(=O)NCCCCCCCC(=O)N[C@H](CCC(=O)NC[C@H](O)[C@@H](O)[C@H](O)[C@H](O)CO)C(=O)N[C@H](CCC(=O)O)C(=O)N[C@H](CCC(=O)NC[C@H](O)[C@@H](O)[C@H](O)[C@H](O)CO)C(=O)N[C@H](CSC3CC(=O)N(CCNC(=O)CCc4ccc(O)cc4)C3=O)C(=O)O)c2)c(=O)n(C[C@@H](N)c2ccccc2)c(=O)n1Cc1c(F)cccc1F. The maximum Gasteiger partial charge on any atom is 0.331 e. The van der Waals surface area contributed by atoms with E-state index < -0.39 is 261 Å². The van der Waals surface area contributed by atoms with Crippen LogP contribution < -0.4 is 59.5 Å². The van der Waals surface area contributed by atoms with Crippen LogP contribution in [0.25, 0.3) is 11.1 Å². The lowest BCUT2D eigenvalue weighted by atomic mass is 10.00. The number of carboxylic acid groups (broad SMARTS) is 2. The summed E-state index contributed by atoms with van der Waals surface area (Å²) < 4.78 is 32.2. The van der Waals surface area contributed by atoms with E-state index in [0.717, 1.165) is 31.7 Å². The predicted octanol–water partition coefficient (Wildman–Crippen LogP) is -3.73. The smallest absolute Gasteiger partial charge is 0.331 e. The first-order valence-corrected chi connectivity index (χ1v) is 41.3. The lowest BCUT2D eigenvalue weighted by Crippen LogP contribution is -2.58. The Morgan fingerprint density at radius 3 is 1.56 bits per heavy atom. The number of carbonyl (C=O) groups is 12. The van der Waals surface area contributed by atoms with Crippen molar-refractivity contribution in [3.63, 3.8) is 0 Å². The molecule has 0 saturated carbocycles. The van der Waals surface area contributed by atoms with Gasteiger partial charge in [0.15, 0.2) is 0 Å². The molecule has 1 aromatic heterocycles. The van der Waals surface area contributed by atoms with Gasteiger partial charge < -0.3 is 115 Å². The van der Waals surface area contributed by atoms with Gasteiger partial charge in [0.1, 0.15) is 78.2 Å². The van der Waals surface area contributed by atoms with Gasteiger partial charge in [-0.25, -0.2) is 18.4 Å². The van der Waals surface area contributed by atoms with Crippen molar-refractivity contribution < 1.29 is 133 Å². The number of thioether (sulfide) groups is 1. The Morgan fingerprint density at radius 1 is 0.524 bits per heavy atom. The van der Waals surface area contributed by atoms with Crippen LogP contribution in [0.5, 0.6) is 5.75 Å². The molecule has 124 heavy (non-hydrogen) atoms. The average Bonchev–Trinajstić information content (AvgIpc) is 0.952. The third-order valence-electron chi connectivity index (χ3n) is 20.5. The highest BCUT2D eigenvalue weighted by Gasteiger charge is 2.41. The molecule has 23 N–H and O–H groups in total. The summed E-state index contributed by atoms with van der Waals surface area (Å²) in [5.41, 5.74) is 7.13. The highest BCUT2D eigenvalue weighted by Crippen LogP contribution is 2.28. The van der Waals surface area contributed by atoms with Gasteiger partial charge in [-0.1, -0.05) is 92.1 Å². The minimum absolute atomic E-state index is 0.00667. The molecule has 0 bridgehead atoms. The predicted molar refractivity (Wildman–Crippen MR) is 439 cm³/mol. The number of likely N-dealkylation sites (tertiary alicyclic amines) is 1. The first-order valence-electron chi connectivity index (χ1n) is 40.2. The molecule has 1 aliphatic heterocycles. The number of phenolic OH excluding ortho intramolecular Hbond substituents is 1. The van der Waals surface area contributed by atoms with Crippen molar-refractivity contribution in [1.29, 1.82) is 0 Å². The molecule has 0 spiro atoms. The first kappa shape index (κ1) is 102. The Morgan fingerprint density at radius 2 is 1.02 bits per heavy atom. The number of imide groups is 1. The second-order valence-electron chi connectivity index (χ2n) is 29.8. The second-order valence-corrected chi connectivity index (χ2v) is 31.0. The van der Waals surface area contributed by atoms with Crippen molar-refractivity contribution in [1.82, 2.24) is 56.6 Å². The highest BCUT2D eigenvalue weighted by molar-refractivity contribution is 8.00. The summed E-state index contributed by atoms with van der Waals surface area (Å²) in [6.45, 7) is -3.18. The number of carboxylic acids is 2. The van der Waals surface area contributed by atoms with Gasteiger partial charge in [-0.3, -0.25) is 71.6 Å². The van der Waals surface area contributed by atoms with E-state index in [2.05, 4.69) is 42.5 Å². The van der Waals surface area contributed by atoms with Crippen molar-refractivity contribution in [2.75, 3.05) is 51.7 Å². The minimum Gasteiger partial charge on any atom is -0.508 e. The molecule has 1 fully saturated rings. The van der Waals surface area contributed by atoms with Crippen LogP contribution in [0, 0.1) is 18.6 Å². The number of unbranched alkanes of at least 4 members (excludes halogenated alkanes) is 4. The Hall–Kier alpha value is -11.0. The number of carbonyl (C=O) groups excluding carboxylic acids is 10. The Balaban J connectivity index is 1.10. The van der Waals surface area contributed by atoms with E-state index in [-0.39, 0.29) is 81.2 Å². The summed E-state index contributed by atoms with van der Waals surface area (Å²) in [4.78, 5) is 190. The van der Waals surface area contributed by atoms with Crippen molar-refractivity contribution in [3.8, 4) is 16.9 Å². The quantitative estimate of drug-likeness (QED) is 0.0131. The summed E-state index contributed by atoms with van der Waals surface area (Å²) >= 11 is 0.644. The normalized spacial score (nSPS) is 15.9. The van der Waals surface area contributed by atoms with Gasteiger partial charge in [0, 0.05) is 101 Å². The molecule has 1 saturated heterocycles. The van der Waals surface area contributed by atoms with Gasteiger partial charge in [0.05, 0.1) is 49.3 Å². The van der Waals surface area contributed by atoms with Crippen LogP contribution in [0.4, 0.5) is 8.78 Å². The summed E-state index contributed by atoms with van der Waals surface area (Å²) in [5.74, 6) is -14.6. The van der Waals surface area contributed by atoms with Crippen molar-refractivity contribution in [2.45, 2.75) is 213 Å². The van der Waals surface area contributed by atoms with Gasteiger partial charge in [0.25, 0.3) is 5.56 Å². The fourth-order valence-corrected chi connectivity index (χ4v) is 14.3. The number of nitrogens with two attached hydrogens (primary N) is 1. The number of aromatic nitrogens is 2.